The summed E-state index contributed by atoms with van der Waals surface area (Å²) in [6, 6.07) is 4.99. The number of halogens is 1. The lowest BCUT2D eigenvalue weighted by Crippen LogP contribution is -2.30. The van der Waals surface area contributed by atoms with Crippen LogP contribution in [0.1, 0.15) is 30.1 Å². The second-order valence-corrected chi connectivity index (χ2v) is 5.89. The van der Waals surface area contributed by atoms with E-state index in [1.165, 1.54) is 4.90 Å². The number of anilines is 1. The Morgan fingerprint density at radius 3 is 2.64 bits per heavy atom. The first-order chi connectivity index (χ1) is 11.5. The number of carbonyl (C=O) groups is 2. The van der Waals surface area contributed by atoms with Crippen LogP contribution in [0.25, 0.3) is 0 Å². The first-order valence-corrected chi connectivity index (χ1v) is 8.11. The average molecular weight is 372 g/mol. The molecule has 1 heterocycles. The fraction of sp³-hybridized carbons (Fsp3) is 0.529. The summed E-state index contributed by atoms with van der Waals surface area (Å²) in [5, 5.41) is 2.82. The van der Waals surface area contributed by atoms with Gasteiger partial charge in [0.2, 0.25) is 0 Å². The molecule has 2 rings (SSSR count). The maximum absolute atomic E-state index is 12.4. The van der Waals surface area contributed by atoms with Gasteiger partial charge in [-0.05, 0) is 38.0 Å². The predicted octanol–water partition coefficient (Wildman–Crippen LogP) is 1.65. The summed E-state index contributed by atoms with van der Waals surface area (Å²) in [6.07, 6.45) is 0.801. The number of hydrogen-bond acceptors (Lipinski definition) is 5. The van der Waals surface area contributed by atoms with E-state index in [1.54, 1.807) is 32.3 Å². The zero-order valence-corrected chi connectivity index (χ0v) is 15.6. The number of carbonyl (C=O) groups excluding carboxylic acids is 2. The number of hydrogen-bond donors (Lipinski definition) is 2. The van der Waals surface area contributed by atoms with Crippen LogP contribution >= 0.6 is 12.4 Å². The molecule has 8 heteroatoms. The normalized spacial score (nSPS) is 19.0. The molecule has 0 unspecified atom stereocenters. The molecule has 2 amide bonds. The molecule has 0 bridgehead atoms. The molecule has 1 aliphatic rings. The van der Waals surface area contributed by atoms with Crippen LogP contribution in [-0.2, 0) is 9.53 Å². The van der Waals surface area contributed by atoms with Crippen LogP contribution in [0.4, 0.5) is 5.69 Å². The smallest absolute Gasteiger partial charge is 0.253 e. The van der Waals surface area contributed by atoms with Crippen molar-refractivity contribution in [2.24, 2.45) is 5.73 Å². The van der Waals surface area contributed by atoms with E-state index in [-0.39, 0.29) is 30.3 Å². The number of nitrogens with two attached hydrogens (primary N) is 1. The van der Waals surface area contributed by atoms with Gasteiger partial charge in [0.1, 0.15) is 11.9 Å². The third kappa shape index (κ3) is 5.32. The Labute approximate surface area is 154 Å². The maximum Gasteiger partial charge on any atom is 0.253 e. The highest BCUT2D eigenvalue weighted by atomic mass is 35.5. The number of amides is 2. The summed E-state index contributed by atoms with van der Waals surface area (Å²) in [5.41, 5.74) is 6.52. The Morgan fingerprint density at radius 1 is 1.36 bits per heavy atom. The highest BCUT2D eigenvalue weighted by molar-refractivity contribution is 5.99. The summed E-state index contributed by atoms with van der Waals surface area (Å²) in [4.78, 5) is 26.0. The van der Waals surface area contributed by atoms with Gasteiger partial charge in [-0.1, -0.05) is 0 Å². The van der Waals surface area contributed by atoms with Gasteiger partial charge >= 0.3 is 0 Å². The summed E-state index contributed by atoms with van der Waals surface area (Å²) < 4.78 is 11.1. The molecule has 1 saturated heterocycles. The quantitative estimate of drug-likeness (QED) is 0.793. The van der Waals surface area contributed by atoms with Gasteiger partial charge in [0.15, 0.2) is 0 Å². The molecular formula is C17H26ClN3O4. The van der Waals surface area contributed by atoms with Gasteiger partial charge in [-0.25, -0.2) is 0 Å². The first kappa shape index (κ1) is 21.2. The Hall–Kier alpha value is -1.83. The van der Waals surface area contributed by atoms with Gasteiger partial charge in [-0.3, -0.25) is 9.59 Å². The monoisotopic (exact) mass is 371 g/mol. The molecule has 0 aromatic heterocycles. The van der Waals surface area contributed by atoms with Crippen molar-refractivity contribution >= 4 is 29.9 Å². The second kappa shape index (κ2) is 9.60. The molecule has 2 atom stereocenters. The van der Waals surface area contributed by atoms with Crippen LogP contribution in [0.2, 0.25) is 0 Å². The molecule has 0 spiro atoms. The zero-order chi connectivity index (χ0) is 17.7. The Kier molecular flexibility index (Phi) is 8.15. The fourth-order valence-corrected chi connectivity index (χ4v) is 2.59. The molecule has 7 nitrogen and oxygen atoms in total. The van der Waals surface area contributed by atoms with Gasteiger partial charge in [-0.15, -0.1) is 12.4 Å². The van der Waals surface area contributed by atoms with Gasteiger partial charge in [0.25, 0.3) is 11.8 Å². The number of nitrogens with one attached hydrogen (secondary N) is 1. The van der Waals surface area contributed by atoms with Crippen LogP contribution in [0.3, 0.4) is 0 Å². The highest BCUT2D eigenvalue weighted by Gasteiger charge is 2.30. The van der Waals surface area contributed by atoms with Crippen molar-refractivity contribution in [3.8, 4) is 5.75 Å². The van der Waals surface area contributed by atoms with E-state index in [0.717, 1.165) is 6.42 Å². The van der Waals surface area contributed by atoms with Crippen molar-refractivity contribution in [1.29, 1.82) is 0 Å². The van der Waals surface area contributed by atoms with E-state index in [2.05, 4.69) is 5.32 Å². The fourth-order valence-electron chi connectivity index (χ4n) is 2.59. The lowest BCUT2D eigenvalue weighted by atomic mass is 10.1. The molecule has 1 aromatic carbocycles. The minimum Gasteiger partial charge on any atom is -0.492 e. The topological polar surface area (TPSA) is 93.9 Å². The highest BCUT2D eigenvalue weighted by Crippen LogP contribution is 2.28. The van der Waals surface area contributed by atoms with E-state index in [0.29, 0.717) is 36.6 Å². The SMILES string of the molecule is CCOc1ccc(C(=O)N(C)C)cc1NC(=O)[C@@H]1CC[C@H](CN)O1.Cl. The molecule has 0 aliphatic carbocycles. The third-order valence-corrected chi connectivity index (χ3v) is 3.85. The molecular weight excluding hydrogens is 346 g/mol. The maximum atomic E-state index is 12.4. The van der Waals surface area contributed by atoms with E-state index in [9.17, 15) is 9.59 Å². The minimum absolute atomic E-state index is 0. The van der Waals surface area contributed by atoms with Crippen molar-refractivity contribution in [1.82, 2.24) is 4.90 Å². The molecule has 3 N–H and O–H groups in total. The first-order valence-electron chi connectivity index (χ1n) is 8.11. The lowest BCUT2D eigenvalue weighted by Gasteiger charge is -2.17. The average Bonchev–Trinajstić information content (AvgIpc) is 3.05. The molecule has 1 aromatic rings. The van der Waals surface area contributed by atoms with Crippen molar-refractivity contribution < 1.29 is 19.1 Å². The third-order valence-electron chi connectivity index (χ3n) is 3.85. The molecule has 0 radical (unpaired) electrons. The summed E-state index contributed by atoms with van der Waals surface area (Å²) in [7, 11) is 3.35. The van der Waals surface area contributed by atoms with E-state index in [1.807, 2.05) is 6.92 Å². The molecule has 0 saturated carbocycles. The van der Waals surface area contributed by atoms with Crippen LogP contribution in [0.15, 0.2) is 18.2 Å². The lowest BCUT2D eigenvalue weighted by molar-refractivity contribution is -0.126. The van der Waals surface area contributed by atoms with E-state index >= 15 is 0 Å². The number of benzene rings is 1. The van der Waals surface area contributed by atoms with Crippen LogP contribution < -0.4 is 15.8 Å². The Morgan fingerprint density at radius 2 is 2.08 bits per heavy atom. The van der Waals surface area contributed by atoms with E-state index in [4.69, 9.17) is 15.2 Å². The number of ether oxygens (including phenoxy) is 2. The second-order valence-electron chi connectivity index (χ2n) is 5.89. The van der Waals surface area contributed by atoms with Crippen molar-refractivity contribution in [2.75, 3.05) is 32.6 Å². The molecule has 1 fully saturated rings. The largest absolute Gasteiger partial charge is 0.492 e. The predicted molar refractivity (Wildman–Crippen MR) is 98.5 cm³/mol. The van der Waals surface area contributed by atoms with Crippen LogP contribution in [-0.4, -0.2) is 56.2 Å². The van der Waals surface area contributed by atoms with Crippen LogP contribution in [0.5, 0.6) is 5.75 Å². The zero-order valence-electron chi connectivity index (χ0n) is 14.8. The Bertz CT molecular complexity index is 610. The van der Waals surface area contributed by atoms with Crippen molar-refractivity contribution in [3.63, 3.8) is 0 Å². The molecule has 25 heavy (non-hydrogen) atoms. The van der Waals surface area contributed by atoms with Gasteiger partial charge in [-0.2, -0.15) is 0 Å². The summed E-state index contributed by atoms with van der Waals surface area (Å²) in [5.74, 6) is 0.129. The standard InChI is InChI=1S/C17H25N3O4.ClH/c1-4-23-14-7-5-11(17(22)20(2)3)9-13(14)19-16(21)15-8-6-12(10-18)24-15;/h5,7,9,12,15H,4,6,8,10,18H2,1-3H3,(H,19,21);1H/t12-,15+;/m1./s1. The van der Waals surface area contributed by atoms with Crippen molar-refractivity contribution in [2.45, 2.75) is 32.0 Å². The minimum atomic E-state index is -0.527. The van der Waals surface area contributed by atoms with Gasteiger partial charge in [0, 0.05) is 26.2 Å². The van der Waals surface area contributed by atoms with Crippen molar-refractivity contribution in [3.05, 3.63) is 23.8 Å². The van der Waals surface area contributed by atoms with Gasteiger partial charge in [0.05, 0.1) is 18.4 Å². The summed E-state index contributed by atoms with van der Waals surface area (Å²) in [6.45, 7) is 2.72. The molecule has 140 valence electrons. The number of rotatable bonds is 6. The summed E-state index contributed by atoms with van der Waals surface area (Å²) >= 11 is 0. The Balaban J connectivity index is 0.00000312. The number of nitrogens with zero attached hydrogens (tertiary/aromatic N) is 1. The van der Waals surface area contributed by atoms with Crippen LogP contribution in [0, 0.1) is 0 Å². The van der Waals surface area contributed by atoms with Gasteiger partial charge < -0.3 is 25.4 Å². The molecule has 1 aliphatic heterocycles. The van der Waals surface area contributed by atoms with E-state index < -0.39 is 6.10 Å².